The summed E-state index contributed by atoms with van der Waals surface area (Å²) in [4.78, 5) is 33.4. The number of carbonyl (C=O) groups is 3. The lowest BCUT2D eigenvalue weighted by atomic mass is 9.90. The highest BCUT2D eigenvalue weighted by Crippen LogP contribution is 2.15. The van der Waals surface area contributed by atoms with Crippen LogP contribution in [0.5, 0.6) is 0 Å². The smallest absolute Gasteiger partial charge is 0.303 e. The van der Waals surface area contributed by atoms with Crippen LogP contribution in [0.25, 0.3) is 0 Å². The van der Waals surface area contributed by atoms with Crippen molar-refractivity contribution in [2.24, 2.45) is 11.7 Å². The van der Waals surface area contributed by atoms with Gasteiger partial charge in [-0.3, -0.25) is 14.4 Å². The molecule has 0 radical (unpaired) electrons. The van der Waals surface area contributed by atoms with Crippen molar-refractivity contribution in [2.75, 3.05) is 0 Å². The van der Waals surface area contributed by atoms with Crippen LogP contribution in [0.1, 0.15) is 46.0 Å². The van der Waals surface area contributed by atoms with Gasteiger partial charge in [0.05, 0.1) is 6.04 Å². The van der Waals surface area contributed by atoms with E-state index >= 15 is 0 Å². The molecule has 0 aromatic carbocycles. The molecule has 17 heavy (non-hydrogen) atoms. The normalized spacial score (nSPS) is 14.1. The first-order valence-corrected chi connectivity index (χ1v) is 5.89. The zero-order chi connectivity index (χ0) is 13.4. The predicted octanol–water partition coefficient (Wildman–Crippen LogP) is 1.14. The average Bonchev–Trinajstić information content (AvgIpc) is 2.23. The highest BCUT2D eigenvalue weighted by Gasteiger charge is 2.22. The third-order valence-electron chi connectivity index (χ3n) is 2.74. The molecule has 0 aliphatic rings. The fourth-order valence-electron chi connectivity index (χ4n) is 1.61. The lowest BCUT2D eigenvalue weighted by Gasteiger charge is -2.15. The topological polar surface area (TPSA) is 97.5 Å². The Kier molecular flexibility index (Phi) is 7.37. The Labute approximate surface area is 101 Å². The SMILES string of the molecule is CCC[C@@H](N)C(=O)C[C@H](CCC(=O)O)C(C)=O. The van der Waals surface area contributed by atoms with Crippen LogP contribution in [0, 0.1) is 5.92 Å². The van der Waals surface area contributed by atoms with Gasteiger partial charge in [0.15, 0.2) is 0 Å². The summed E-state index contributed by atoms with van der Waals surface area (Å²) in [5.41, 5.74) is 5.65. The predicted molar refractivity (Wildman–Crippen MR) is 63.5 cm³/mol. The maximum Gasteiger partial charge on any atom is 0.303 e. The fourth-order valence-corrected chi connectivity index (χ4v) is 1.61. The van der Waals surface area contributed by atoms with Gasteiger partial charge in [0, 0.05) is 18.8 Å². The summed E-state index contributed by atoms with van der Waals surface area (Å²) in [5, 5.41) is 8.55. The summed E-state index contributed by atoms with van der Waals surface area (Å²) in [6.07, 6.45) is 1.58. The molecule has 2 atom stereocenters. The molecule has 0 heterocycles. The molecule has 5 heteroatoms. The molecule has 0 fully saturated rings. The van der Waals surface area contributed by atoms with E-state index in [1.807, 2.05) is 6.92 Å². The van der Waals surface area contributed by atoms with Crippen molar-refractivity contribution in [1.29, 1.82) is 0 Å². The number of aliphatic carboxylic acids is 1. The lowest BCUT2D eigenvalue weighted by molar-refractivity contribution is -0.138. The van der Waals surface area contributed by atoms with Gasteiger partial charge in [-0.1, -0.05) is 13.3 Å². The van der Waals surface area contributed by atoms with Gasteiger partial charge < -0.3 is 10.8 Å². The van der Waals surface area contributed by atoms with E-state index in [4.69, 9.17) is 10.8 Å². The van der Waals surface area contributed by atoms with Gasteiger partial charge in [-0.25, -0.2) is 0 Å². The van der Waals surface area contributed by atoms with Crippen LogP contribution >= 0.6 is 0 Å². The summed E-state index contributed by atoms with van der Waals surface area (Å²) in [5.74, 6) is -1.77. The fraction of sp³-hybridized carbons (Fsp3) is 0.750. The molecule has 0 amide bonds. The minimum absolute atomic E-state index is 0.0593. The zero-order valence-corrected chi connectivity index (χ0v) is 10.4. The van der Waals surface area contributed by atoms with Gasteiger partial charge in [0.25, 0.3) is 0 Å². The van der Waals surface area contributed by atoms with Gasteiger partial charge >= 0.3 is 5.97 Å². The van der Waals surface area contributed by atoms with Gasteiger partial charge in [-0.05, 0) is 19.8 Å². The molecule has 0 bridgehead atoms. The standard InChI is InChI=1S/C12H21NO4/c1-3-4-10(13)11(15)7-9(8(2)14)5-6-12(16)17/h9-10H,3-7,13H2,1-2H3,(H,16,17)/t9-,10+/m0/s1. The molecule has 98 valence electrons. The Hall–Kier alpha value is -1.23. The lowest BCUT2D eigenvalue weighted by Crippen LogP contribution is -2.32. The maximum atomic E-state index is 11.7. The molecule has 5 nitrogen and oxygen atoms in total. The van der Waals surface area contributed by atoms with Crippen LogP contribution in [0.3, 0.4) is 0 Å². The first kappa shape index (κ1) is 15.8. The second-order valence-corrected chi connectivity index (χ2v) is 4.31. The number of hydrogen-bond donors (Lipinski definition) is 2. The molecule has 0 saturated heterocycles. The molecule has 3 N–H and O–H groups in total. The van der Waals surface area contributed by atoms with Crippen molar-refractivity contribution in [3.8, 4) is 0 Å². The Balaban J connectivity index is 4.29. The van der Waals surface area contributed by atoms with Crippen LogP contribution in [-0.4, -0.2) is 28.7 Å². The second-order valence-electron chi connectivity index (χ2n) is 4.31. The minimum Gasteiger partial charge on any atom is -0.481 e. The summed E-state index contributed by atoms with van der Waals surface area (Å²) >= 11 is 0. The van der Waals surface area contributed by atoms with E-state index in [0.717, 1.165) is 6.42 Å². The van der Waals surface area contributed by atoms with Crippen molar-refractivity contribution >= 4 is 17.5 Å². The van der Waals surface area contributed by atoms with Crippen LogP contribution in [0.4, 0.5) is 0 Å². The number of nitrogens with two attached hydrogens (primary N) is 1. The number of carbonyl (C=O) groups excluding carboxylic acids is 2. The minimum atomic E-state index is -0.957. The van der Waals surface area contributed by atoms with Crippen LogP contribution in [0.2, 0.25) is 0 Å². The molecule has 0 aliphatic carbocycles. The molecule has 0 spiro atoms. The zero-order valence-electron chi connectivity index (χ0n) is 10.4. The Morgan fingerprint density at radius 3 is 2.24 bits per heavy atom. The van der Waals surface area contributed by atoms with Crippen LogP contribution in [0.15, 0.2) is 0 Å². The summed E-state index contributed by atoms with van der Waals surface area (Å²) in [7, 11) is 0. The first-order valence-electron chi connectivity index (χ1n) is 5.89. The van der Waals surface area contributed by atoms with E-state index in [1.165, 1.54) is 6.92 Å². The Morgan fingerprint density at radius 1 is 1.24 bits per heavy atom. The molecule has 0 saturated carbocycles. The van der Waals surface area contributed by atoms with E-state index in [9.17, 15) is 14.4 Å². The number of ketones is 2. The molecular weight excluding hydrogens is 222 g/mol. The number of rotatable bonds is 9. The molecule has 0 aromatic rings. The van der Waals surface area contributed by atoms with Crippen LogP contribution < -0.4 is 5.73 Å². The highest BCUT2D eigenvalue weighted by molar-refractivity contribution is 5.89. The van der Waals surface area contributed by atoms with Crippen molar-refractivity contribution < 1.29 is 19.5 Å². The van der Waals surface area contributed by atoms with Crippen molar-refractivity contribution in [2.45, 2.75) is 52.0 Å². The molecule has 0 aliphatic heterocycles. The molecule has 0 unspecified atom stereocenters. The third kappa shape index (κ3) is 6.84. The third-order valence-corrected chi connectivity index (χ3v) is 2.74. The first-order chi connectivity index (χ1) is 7.88. The molecule has 0 rings (SSSR count). The van der Waals surface area contributed by atoms with E-state index in [1.54, 1.807) is 0 Å². The summed E-state index contributed by atoms with van der Waals surface area (Å²) in [6, 6.07) is -0.535. The van der Waals surface area contributed by atoms with Crippen molar-refractivity contribution in [3.05, 3.63) is 0 Å². The number of carboxylic acids is 1. The van der Waals surface area contributed by atoms with Crippen LogP contribution in [-0.2, 0) is 14.4 Å². The number of carboxylic acid groups (broad SMARTS) is 1. The van der Waals surface area contributed by atoms with E-state index in [-0.39, 0.29) is 30.8 Å². The Bertz CT molecular complexity index is 288. The van der Waals surface area contributed by atoms with Crippen molar-refractivity contribution in [1.82, 2.24) is 0 Å². The Morgan fingerprint density at radius 2 is 1.82 bits per heavy atom. The largest absolute Gasteiger partial charge is 0.481 e. The monoisotopic (exact) mass is 243 g/mol. The quantitative estimate of drug-likeness (QED) is 0.633. The second kappa shape index (κ2) is 7.95. The number of hydrogen-bond acceptors (Lipinski definition) is 4. The van der Waals surface area contributed by atoms with Gasteiger partial charge in [0.2, 0.25) is 0 Å². The van der Waals surface area contributed by atoms with Gasteiger partial charge in [-0.2, -0.15) is 0 Å². The molecule has 0 aromatic heterocycles. The van der Waals surface area contributed by atoms with E-state index in [0.29, 0.717) is 6.42 Å². The summed E-state index contributed by atoms with van der Waals surface area (Å²) in [6.45, 7) is 3.31. The average molecular weight is 243 g/mol. The molecular formula is C12H21NO4. The number of Topliss-reactive ketones (excluding diaryl/α,β-unsaturated/α-hetero) is 2. The summed E-state index contributed by atoms with van der Waals surface area (Å²) < 4.78 is 0. The van der Waals surface area contributed by atoms with E-state index < -0.39 is 17.9 Å². The highest BCUT2D eigenvalue weighted by atomic mass is 16.4. The van der Waals surface area contributed by atoms with Gasteiger partial charge in [0.1, 0.15) is 11.6 Å². The van der Waals surface area contributed by atoms with Gasteiger partial charge in [-0.15, -0.1) is 0 Å². The maximum absolute atomic E-state index is 11.7. The van der Waals surface area contributed by atoms with Crippen molar-refractivity contribution in [3.63, 3.8) is 0 Å². The van der Waals surface area contributed by atoms with E-state index in [2.05, 4.69) is 0 Å².